The van der Waals surface area contributed by atoms with Gasteiger partial charge in [0.15, 0.2) is 17.5 Å². The molecule has 0 aliphatic heterocycles. The molecule has 2 aromatic rings. The molecule has 0 bridgehead atoms. The predicted molar refractivity (Wildman–Crippen MR) is 127 cm³/mol. The van der Waals surface area contributed by atoms with Crippen LogP contribution in [0.1, 0.15) is 68.4 Å². The topological polar surface area (TPSA) is 9.23 Å². The molecule has 194 valence electrons. The van der Waals surface area contributed by atoms with Gasteiger partial charge in [0.2, 0.25) is 0 Å². The summed E-state index contributed by atoms with van der Waals surface area (Å²) in [6.07, 6.45) is 10.7. The lowest BCUT2D eigenvalue weighted by molar-refractivity contribution is -0.187. The smallest absolute Gasteiger partial charge is 0.429 e. The van der Waals surface area contributed by atoms with E-state index in [0.717, 1.165) is 50.7 Å². The van der Waals surface area contributed by atoms with E-state index in [9.17, 15) is 26.3 Å². The molecule has 4 rings (SSSR count). The molecule has 7 heteroatoms. The molecule has 2 unspecified atom stereocenters. The van der Waals surface area contributed by atoms with E-state index in [1.807, 2.05) is 6.08 Å². The third-order valence-electron chi connectivity index (χ3n) is 7.60. The van der Waals surface area contributed by atoms with E-state index in [0.29, 0.717) is 35.4 Å². The van der Waals surface area contributed by atoms with E-state index in [1.165, 1.54) is 18.9 Å². The highest BCUT2D eigenvalue weighted by molar-refractivity contribution is 5.31. The number of hydrogen-bond acceptors (Lipinski definition) is 1. The Balaban J connectivity index is 1.37. The molecule has 2 aliphatic rings. The Morgan fingerprint density at radius 1 is 0.861 bits per heavy atom. The Labute approximate surface area is 207 Å². The lowest BCUT2D eigenvalue weighted by Gasteiger charge is -2.35. The molecule has 0 N–H and O–H groups in total. The predicted octanol–water partition coefficient (Wildman–Crippen LogP) is 9.19. The van der Waals surface area contributed by atoms with Crippen molar-refractivity contribution in [2.75, 3.05) is 0 Å². The van der Waals surface area contributed by atoms with Crippen LogP contribution in [-0.4, -0.2) is 0 Å². The van der Waals surface area contributed by atoms with Gasteiger partial charge in [0.25, 0.3) is 0 Å². The largest absolute Gasteiger partial charge is 0.429 e. The number of benzene rings is 2. The van der Waals surface area contributed by atoms with Crippen molar-refractivity contribution in [2.24, 2.45) is 17.8 Å². The molecule has 1 fully saturated rings. The Kier molecular flexibility index (Phi) is 8.16. The van der Waals surface area contributed by atoms with Gasteiger partial charge in [0, 0.05) is 12.1 Å². The van der Waals surface area contributed by atoms with Crippen molar-refractivity contribution < 1.29 is 31.1 Å². The summed E-state index contributed by atoms with van der Waals surface area (Å²) in [6, 6.07) is 4.07. The van der Waals surface area contributed by atoms with Gasteiger partial charge in [0.1, 0.15) is 11.6 Å². The molecular formula is C29H30F6O. The van der Waals surface area contributed by atoms with Crippen molar-refractivity contribution in [1.82, 2.24) is 0 Å². The van der Waals surface area contributed by atoms with E-state index in [2.05, 4.69) is 23.5 Å². The van der Waals surface area contributed by atoms with Crippen LogP contribution < -0.4 is 4.74 Å². The van der Waals surface area contributed by atoms with Gasteiger partial charge in [-0.2, -0.15) is 8.78 Å². The van der Waals surface area contributed by atoms with E-state index >= 15 is 0 Å². The second-order valence-corrected chi connectivity index (χ2v) is 9.92. The summed E-state index contributed by atoms with van der Waals surface area (Å²) in [6.45, 7) is 3.79. The van der Waals surface area contributed by atoms with Gasteiger partial charge in [-0.1, -0.05) is 24.3 Å². The van der Waals surface area contributed by atoms with Crippen LogP contribution in [0.15, 0.2) is 55.1 Å². The van der Waals surface area contributed by atoms with Crippen molar-refractivity contribution in [2.45, 2.75) is 63.4 Å². The first-order chi connectivity index (χ1) is 17.2. The van der Waals surface area contributed by atoms with E-state index in [-0.39, 0.29) is 5.92 Å². The lowest BCUT2D eigenvalue weighted by Crippen LogP contribution is -2.24. The van der Waals surface area contributed by atoms with Crippen molar-refractivity contribution in [3.8, 4) is 5.75 Å². The second-order valence-electron chi connectivity index (χ2n) is 9.92. The molecule has 1 saturated carbocycles. The molecule has 36 heavy (non-hydrogen) atoms. The maximum atomic E-state index is 14.7. The van der Waals surface area contributed by atoms with Crippen molar-refractivity contribution in [3.05, 3.63) is 89.5 Å². The van der Waals surface area contributed by atoms with Crippen LogP contribution in [-0.2, 0) is 6.11 Å². The Bertz CT molecular complexity index is 1080. The molecule has 0 radical (unpaired) electrons. The van der Waals surface area contributed by atoms with Crippen LogP contribution >= 0.6 is 0 Å². The Hall–Kier alpha value is -2.70. The average molecular weight is 509 g/mol. The fourth-order valence-electron chi connectivity index (χ4n) is 5.56. The number of hydrogen-bond donors (Lipinski definition) is 0. The maximum Gasteiger partial charge on any atom is 0.429 e. The third-order valence-corrected chi connectivity index (χ3v) is 7.60. The second kappa shape index (κ2) is 11.1. The minimum Gasteiger partial charge on any atom is -0.429 e. The first-order valence-electron chi connectivity index (χ1n) is 12.5. The summed E-state index contributed by atoms with van der Waals surface area (Å²) in [5.74, 6) is -5.42. The first-order valence-corrected chi connectivity index (χ1v) is 12.5. The van der Waals surface area contributed by atoms with Crippen molar-refractivity contribution in [1.29, 1.82) is 0 Å². The van der Waals surface area contributed by atoms with Crippen LogP contribution in [0.5, 0.6) is 5.75 Å². The fraction of sp³-hybridized carbons (Fsp3) is 0.448. The molecule has 0 heterocycles. The maximum absolute atomic E-state index is 14.7. The minimum atomic E-state index is -4.20. The lowest BCUT2D eigenvalue weighted by atomic mass is 9.70. The first kappa shape index (κ1) is 26.4. The number of ether oxygens (including phenoxy) is 1. The molecule has 0 aromatic heterocycles. The highest BCUT2D eigenvalue weighted by Gasteiger charge is 2.39. The molecule has 2 aliphatic carbocycles. The highest BCUT2D eigenvalue weighted by Crippen LogP contribution is 2.43. The normalized spacial score (nSPS) is 24.5. The highest BCUT2D eigenvalue weighted by atomic mass is 19.3. The van der Waals surface area contributed by atoms with Crippen LogP contribution in [0, 0.1) is 41.0 Å². The summed E-state index contributed by atoms with van der Waals surface area (Å²) in [5.41, 5.74) is -0.406. The summed E-state index contributed by atoms with van der Waals surface area (Å²) < 4.78 is 88.0. The molecule has 0 amide bonds. The molecule has 1 nitrogen and oxygen atoms in total. The standard InChI is InChI=1S/C29H30F6O/c1-2-3-4-18-5-7-19(8-6-18)20-9-11-21(12-10-20)22-13-14-24(25(30)15-22)29(34,35)36-23-16-26(31)28(33)27(32)17-23/h2,5,7,13-21H,1,3-4,6,8-12H2. The van der Waals surface area contributed by atoms with Crippen molar-refractivity contribution in [3.63, 3.8) is 0 Å². The fourth-order valence-corrected chi connectivity index (χ4v) is 5.56. The zero-order valence-electron chi connectivity index (χ0n) is 20.0. The summed E-state index contributed by atoms with van der Waals surface area (Å²) in [4.78, 5) is 0. The van der Waals surface area contributed by atoms with E-state index in [1.54, 1.807) is 0 Å². The zero-order valence-corrected chi connectivity index (χ0v) is 20.0. The summed E-state index contributed by atoms with van der Waals surface area (Å²) >= 11 is 0. The molecule has 0 saturated heterocycles. The van der Waals surface area contributed by atoms with Gasteiger partial charge in [0.05, 0.1) is 5.56 Å². The van der Waals surface area contributed by atoms with Crippen LogP contribution in [0.25, 0.3) is 0 Å². The Morgan fingerprint density at radius 3 is 2.14 bits per heavy atom. The summed E-state index contributed by atoms with van der Waals surface area (Å²) in [7, 11) is 0. The van der Waals surface area contributed by atoms with Gasteiger partial charge < -0.3 is 4.74 Å². The summed E-state index contributed by atoms with van der Waals surface area (Å²) in [5, 5.41) is 0. The van der Waals surface area contributed by atoms with Crippen molar-refractivity contribution >= 4 is 0 Å². The molecular weight excluding hydrogens is 478 g/mol. The van der Waals surface area contributed by atoms with Gasteiger partial charge in [-0.25, -0.2) is 17.6 Å². The van der Waals surface area contributed by atoms with E-state index < -0.39 is 40.7 Å². The quantitative estimate of drug-likeness (QED) is 0.196. The van der Waals surface area contributed by atoms with Crippen LogP contribution in [0.3, 0.4) is 0 Å². The monoisotopic (exact) mass is 508 g/mol. The van der Waals surface area contributed by atoms with Gasteiger partial charge in [-0.05, 0) is 92.7 Å². The minimum absolute atomic E-state index is 0.0764. The van der Waals surface area contributed by atoms with Crippen LogP contribution in [0.4, 0.5) is 26.3 Å². The van der Waals surface area contributed by atoms with Gasteiger partial charge in [-0.3, -0.25) is 0 Å². The van der Waals surface area contributed by atoms with Crippen LogP contribution in [0.2, 0.25) is 0 Å². The molecule has 0 spiro atoms. The number of allylic oxidation sites excluding steroid dienone is 3. The average Bonchev–Trinajstić information content (AvgIpc) is 2.86. The van der Waals surface area contributed by atoms with E-state index in [4.69, 9.17) is 0 Å². The zero-order chi connectivity index (χ0) is 25.9. The number of rotatable bonds is 8. The molecule has 2 atom stereocenters. The third kappa shape index (κ3) is 5.98. The Morgan fingerprint density at radius 2 is 1.56 bits per heavy atom. The van der Waals surface area contributed by atoms with Gasteiger partial charge in [-0.15, -0.1) is 6.58 Å². The number of alkyl halides is 2. The SMILES string of the molecule is C=CCCC1C=CC(C2CCC(c3ccc(C(F)(F)Oc4cc(F)c(F)c(F)c4)c(F)c3)CC2)CC1. The molecule has 2 aromatic carbocycles. The number of halogens is 6. The van der Waals surface area contributed by atoms with Gasteiger partial charge >= 0.3 is 6.11 Å².